The molecule has 0 aromatic heterocycles. The van der Waals surface area contributed by atoms with Crippen molar-refractivity contribution < 1.29 is 9.53 Å². The minimum absolute atomic E-state index is 0.161. The quantitative estimate of drug-likeness (QED) is 0.677. The Morgan fingerprint density at radius 2 is 1.83 bits per heavy atom. The maximum absolute atomic E-state index is 12.5. The Kier molecular flexibility index (Phi) is 6.75. The van der Waals surface area contributed by atoms with Crippen LogP contribution in [0.25, 0.3) is 0 Å². The van der Waals surface area contributed by atoms with E-state index in [4.69, 9.17) is 4.74 Å². The molecule has 1 aromatic carbocycles. The van der Waals surface area contributed by atoms with Crippen LogP contribution in [0.5, 0.6) is 5.75 Å². The number of anilines is 2. The Hall–Kier alpha value is -1.71. The lowest BCUT2D eigenvalue weighted by atomic mass is 10.1. The number of carbonyl (C=O) groups is 1. The zero-order valence-electron chi connectivity index (χ0n) is 14.7. The third kappa shape index (κ3) is 4.63. The van der Waals surface area contributed by atoms with E-state index in [-0.39, 0.29) is 11.9 Å². The highest BCUT2D eigenvalue weighted by Crippen LogP contribution is 2.34. The lowest BCUT2D eigenvalue weighted by Gasteiger charge is -2.34. The Morgan fingerprint density at radius 1 is 1.13 bits per heavy atom. The second kappa shape index (κ2) is 8.80. The van der Waals surface area contributed by atoms with Gasteiger partial charge in [-0.2, -0.15) is 0 Å². The standard InChI is InChI=1S/C19H30N2O2/c1-4-5-6-7-8-9-10-13-21-18-12-11-16(23-3)14-17(18)20-15(2)19(21)22/h11-12,14-15,20H,4-10,13H2,1-3H3. The van der Waals surface area contributed by atoms with E-state index in [0.29, 0.717) is 0 Å². The molecule has 1 heterocycles. The molecule has 0 fully saturated rings. The molecular formula is C19H30N2O2. The zero-order valence-corrected chi connectivity index (χ0v) is 14.7. The molecule has 2 rings (SSSR count). The van der Waals surface area contributed by atoms with Crippen molar-refractivity contribution in [3.05, 3.63) is 18.2 Å². The van der Waals surface area contributed by atoms with E-state index in [9.17, 15) is 4.79 Å². The van der Waals surface area contributed by atoms with E-state index in [1.807, 2.05) is 30.0 Å². The van der Waals surface area contributed by atoms with Gasteiger partial charge in [-0.1, -0.05) is 45.4 Å². The van der Waals surface area contributed by atoms with Crippen molar-refractivity contribution >= 4 is 17.3 Å². The van der Waals surface area contributed by atoms with Gasteiger partial charge in [0.1, 0.15) is 11.8 Å². The number of methoxy groups -OCH3 is 1. The molecule has 4 nitrogen and oxygen atoms in total. The molecule has 0 radical (unpaired) electrons. The van der Waals surface area contributed by atoms with Crippen LogP contribution in [0.3, 0.4) is 0 Å². The Labute approximate surface area is 140 Å². The fourth-order valence-electron chi connectivity index (χ4n) is 3.10. The molecule has 23 heavy (non-hydrogen) atoms. The second-order valence-corrected chi connectivity index (χ2v) is 6.36. The summed E-state index contributed by atoms with van der Waals surface area (Å²) in [5, 5.41) is 3.27. The zero-order chi connectivity index (χ0) is 16.7. The largest absolute Gasteiger partial charge is 0.497 e. The number of carbonyl (C=O) groups excluding carboxylic acids is 1. The summed E-state index contributed by atoms with van der Waals surface area (Å²) in [4.78, 5) is 14.4. The van der Waals surface area contributed by atoms with Gasteiger partial charge in [0.05, 0.1) is 18.5 Å². The maximum atomic E-state index is 12.5. The smallest absolute Gasteiger partial charge is 0.249 e. The Morgan fingerprint density at radius 3 is 2.52 bits per heavy atom. The summed E-state index contributed by atoms with van der Waals surface area (Å²) in [6, 6.07) is 5.68. The average Bonchev–Trinajstić information content (AvgIpc) is 2.56. The topological polar surface area (TPSA) is 41.6 Å². The number of ether oxygens (including phenoxy) is 1. The van der Waals surface area contributed by atoms with Crippen LogP contribution < -0.4 is 15.0 Å². The molecule has 0 spiro atoms. The molecule has 0 bridgehead atoms. The first-order valence-electron chi connectivity index (χ1n) is 8.93. The van der Waals surface area contributed by atoms with Crippen LogP contribution in [0.4, 0.5) is 11.4 Å². The number of nitrogens with one attached hydrogen (secondary N) is 1. The van der Waals surface area contributed by atoms with Crippen LogP contribution in [0, 0.1) is 0 Å². The second-order valence-electron chi connectivity index (χ2n) is 6.36. The van der Waals surface area contributed by atoms with E-state index in [1.165, 1.54) is 38.5 Å². The van der Waals surface area contributed by atoms with Gasteiger partial charge in [0.2, 0.25) is 5.91 Å². The predicted molar refractivity (Wildman–Crippen MR) is 96.4 cm³/mol. The van der Waals surface area contributed by atoms with Gasteiger partial charge in [0.25, 0.3) is 0 Å². The summed E-state index contributed by atoms with van der Waals surface area (Å²) in [6.07, 6.45) is 8.80. The van der Waals surface area contributed by atoms with Crippen LogP contribution in [-0.2, 0) is 4.79 Å². The monoisotopic (exact) mass is 318 g/mol. The highest BCUT2D eigenvalue weighted by atomic mass is 16.5. The van der Waals surface area contributed by atoms with Gasteiger partial charge in [-0.05, 0) is 25.5 Å². The Balaban J connectivity index is 1.91. The summed E-state index contributed by atoms with van der Waals surface area (Å²) < 4.78 is 5.28. The van der Waals surface area contributed by atoms with Crippen molar-refractivity contribution in [1.29, 1.82) is 0 Å². The van der Waals surface area contributed by atoms with Crippen molar-refractivity contribution in [2.45, 2.75) is 64.8 Å². The number of fused-ring (bicyclic) bond motifs is 1. The summed E-state index contributed by atoms with van der Waals surface area (Å²) in [5.74, 6) is 0.974. The normalized spacial score (nSPS) is 16.9. The molecule has 128 valence electrons. The average molecular weight is 318 g/mol. The van der Waals surface area contributed by atoms with Gasteiger partial charge in [-0.3, -0.25) is 4.79 Å². The van der Waals surface area contributed by atoms with Crippen molar-refractivity contribution in [3.63, 3.8) is 0 Å². The van der Waals surface area contributed by atoms with Crippen molar-refractivity contribution in [2.24, 2.45) is 0 Å². The highest BCUT2D eigenvalue weighted by Gasteiger charge is 2.29. The van der Waals surface area contributed by atoms with Crippen LogP contribution in [0.15, 0.2) is 18.2 Å². The SMILES string of the molecule is CCCCCCCCCN1C(=O)C(C)Nc2cc(OC)ccc21. The highest BCUT2D eigenvalue weighted by molar-refractivity contribution is 6.04. The molecule has 1 aromatic rings. The molecule has 1 aliphatic rings. The van der Waals surface area contributed by atoms with E-state index in [0.717, 1.165) is 30.1 Å². The maximum Gasteiger partial charge on any atom is 0.249 e. The van der Waals surface area contributed by atoms with E-state index in [2.05, 4.69) is 12.2 Å². The number of amides is 1. The first-order chi connectivity index (χ1) is 11.2. The third-order valence-electron chi connectivity index (χ3n) is 4.49. The van der Waals surface area contributed by atoms with E-state index >= 15 is 0 Å². The predicted octanol–water partition coefficient (Wildman–Crippen LogP) is 4.59. The molecule has 0 aliphatic carbocycles. The molecule has 1 aliphatic heterocycles. The molecular weight excluding hydrogens is 288 g/mol. The van der Waals surface area contributed by atoms with E-state index < -0.39 is 0 Å². The van der Waals surface area contributed by atoms with Gasteiger partial charge in [-0.25, -0.2) is 0 Å². The number of nitrogens with zero attached hydrogens (tertiary/aromatic N) is 1. The Bertz CT molecular complexity index is 516. The molecule has 0 saturated carbocycles. The number of hydrogen-bond acceptors (Lipinski definition) is 3. The molecule has 1 amide bonds. The lowest BCUT2D eigenvalue weighted by Crippen LogP contribution is -2.46. The third-order valence-corrected chi connectivity index (χ3v) is 4.49. The van der Waals surface area contributed by atoms with Crippen LogP contribution in [0.1, 0.15) is 58.8 Å². The number of unbranched alkanes of at least 4 members (excludes halogenated alkanes) is 6. The molecule has 1 atom stereocenters. The molecule has 1 N–H and O–H groups in total. The minimum Gasteiger partial charge on any atom is -0.497 e. The lowest BCUT2D eigenvalue weighted by molar-refractivity contribution is -0.119. The van der Waals surface area contributed by atoms with Crippen LogP contribution in [-0.4, -0.2) is 25.6 Å². The number of rotatable bonds is 9. The fourth-order valence-corrected chi connectivity index (χ4v) is 3.10. The molecule has 1 unspecified atom stereocenters. The van der Waals surface area contributed by atoms with Gasteiger partial charge in [0, 0.05) is 12.6 Å². The minimum atomic E-state index is -0.181. The summed E-state index contributed by atoms with van der Waals surface area (Å²) in [7, 11) is 1.66. The van der Waals surface area contributed by atoms with Crippen molar-refractivity contribution in [1.82, 2.24) is 0 Å². The summed E-state index contributed by atoms with van der Waals surface area (Å²) in [6.45, 7) is 4.96. The van der Waals surface area contributed by atoms with Gasteiger partial charge in [-0.15, -0.1) is 0 Å². The summed E-state index contributed by atoms with van der Waals surface area (Å²) >= 11 is 0. The van der Waals surface area contributed by atoms with Gasteiger partial charge >= 0.3 is 0 Å². The number of benzene rings is 1. The summed E-state index contributed by atoms with van der Waals surface area (Å²) in [5.41, 5.74) is 1.96. The van der Waals surface area contributed by atoms with Gasteiger partial charge in [0.15, 0.2) is 0 Å². The van der Waals surface area contributed by atoms with E-state index in [1.54, 1.807) is 7.11 Å². The molecule has 0 saturated heterocycles. The van der Waals surface area contributed by atoms with Gasteiger partial charge < -0.3 is 15.0 Å². The van der Waals surface area contributed by atoms with Crippen LogP contribution >= 0.6 is 0 Å². The first-order valence-corrected chi connectivity index (χ1v) is 8.93. The van der Waals surface area contributed by atoms with Crippen molar-refractivity contribution in [3.8, 4) is 5.75 Å². The van der Waals surface area contributed by atoms with Crippen molar-refractivity contribution in [2.75, 3.05) is 23.9 Å². The first kappa shape index (κ1) is 17.6. The fraction of sp³-hybridized carbons (Fsp3) is 0.632. The number of hydrogen-bond donors (Lipinski definition) is 1. The van der Waals surface area contributed by atoms with Crippen LogP contribution in [0.2, 0.25) is 0 Å². The molecule has 4 heteroatoms.